The van der Waals surface area contributed by atoms with E-state index in [-0.39, 0.29) is 5.25 Å². The molecule has 1 aliphatic rings. The van der Waals surface area contributed by atoms with Crippen LogP contribution in [0.1, 0.15) is 0 Å². The fourth-order valence-electron chi connectivity index (χ4n) is 1.40. The topological polar surface area (TPSA) is 43.8 Å². The first-order valence-electron chi connectivity index (χ1n) is 4.81. The van der Waals surface area contributed by atoms with Crippen LogP contribution in [-0.2, 0) is 4.79 Å². The summed E-state index contributed by atoms with van der Waals surface area (Å²) in [5, 5.41) is 8.64. The Kier molecular flexibility index (Phi) is 4.71. The van der Waals surface area contributed by atoms with Gasteiger partial charge in [-0.1, -0.05) is 0 Å². The number of hydrogen-bond donors (Lipinski definition) is 1. The van der Waals surface area contributed by atoms with Gasteiger partial charge >= 0.3 is 5.97 Å². The minimum atomic E-state index is -0.676. The Bertz CT molecular complexity index is 199. The second-order valence-corrected chi connectivity index (χ2v) is 5.11. The minimum Gasteiger partial charge on any atom is -0.480 e. The summed E-state index contributed by atoms with van der Waals surface area (Å²) in [5.74, 6) is 0.259. The lowest BCUT2D eigenvalue weighted by molar-refractivity contribution is -0.136. The molecule has 5 heteroatoms. The van der Waals surface area contributed by atoms with Gasteiger partial charge in [0.1, 0.15) is 5.25 Å². The first-order chi connectivity index (χ1) is 6.59. The van der Waals surface area contributed by atoms with E-state index in [2.05, 4.69) is 9.80 Å². The standard InChI is InChI=1S/C9H18N2O2S/c1-10(2)3-4-11-5-6-14-8(7-11)9(12)13/h8H,3-7H2,1-2H3,(H,12,13). The molecule has 1 N–H and O–H groups in total. The molecule has 0 spiro atoms. The fourth-order valence-corrected chi connectivity index (χ4v) is 2.50. The van der Waals surface area contributed by atoms with E-state index in [0.29, 0.717) is 6.54 Å². The van der Waals surface area contributed by atoms with E-state index in [1.807, 2.05) is 14.1 Å². The van der Waals surface area contributed by atoms with Gasteiger partial charge in [-0.2, -0.15) is 0 Å². The molecule has 0 saturated carbocycles. The summed E-state index contributed by atoms with van der Waals surface area (Å²) in [4.78, 5) is 15.1. The van der Waals surface area contributed by atoms with Crippen molar-refractivity contribution in [2.24, 2.45) is 0 Å². The quantitative estimate of drug-likeness (QED) is 0.722. The van der Waals surface area contributed by atoms with E-state index in [0.717, 1.165) is 25.4 Å². The average molecular weight is 218 g/mol. The molecule has 0 aromatic carbocycles. The van der Waals surface area contributed by atoms with Crippen LogP contribution >= 0.6 is 11.8 Å². The molecule has 0 aromatic rings. The Morgan fingerprint density at radius 1 is 1.64 bits per heavy atom. The van der Waals surface area contributed by atoms with Gasteiger partial charge in [0.25, 0.3) is 0 Å². The zero-order valence-electron chi connectivity index (χ0n) is 8.77. The number of aliphatic carboxylic acids is 1. The summed E-state index contributed by atoms with van der Waals surface area (Å²) in [7, 11) is 4.07. The monoisotopic (exact) mass is 218 g/mol. The molecule has 0 radical (unpaired) electrons. The van der Waals surface area contributed by atoms with Gasteiger partial charge in [0.2, 0.25) is 0 Å². The van der Waals surface area contributed by atoms with Crippen LogP contribution in [-0.4, -0.2) is 72.2 Å². The molecule has 4 nitrogen and oxygen atoms in total. The van der Waals surface area contributed by atoms with Crippen LogP contribution < -0.4 is 0 Å². The summed E-state index contributed by atoms with van der Waals surface area (Å²) >= 11 is 1.55. The lowest BCUT2D eigenvalue weighted by Crippen LogP contribution is -2.43. The molecule has 0 amide bonds. The number of likely N-dealkylation sites (N-methyl/N-ethyl adjacent to an activating group) is 1. The molecule has 0 bridgehead atoms. The van der Waals surface area contributed by atoms with Gasteiger partial charge in [-0.15, -0.1) is 11.8 Å². The molecule has 1 heterocycles. The van der Waals surface area contributed by atoms with Crippen LogP contribution in [0, 0.1) is 0 Å². The number of rotatable bonds is 4. The van der Waals surface area contributed by atoms with E-state index in [1.54, 1.807) is 11.8 Å². The number of carboxylic acid groups (broad SMARTS) is 1. The first kappa shape index (κ1) is 11.8. The molecule has 1 fully saturated rings. The Balaban J connectivity index is 2.29. The van der Waals surface area contributed by atoms with Crippen molar-refractivity contribution in [3.05, 3.63) is 0 Å². The number of nitrogens with zero attached hydrogens (tertiary/aromatic N) is 2. The third-order valence-corrected chi connectivity index (χ3v) is 3.46. The molecular formula is C9H18N2O2S. The molecule has 0 aliphatic carbocycles. The first-order valence-corrected chi connectivity index (χ1v) is 5.86. The zero-order chi connectivity index (χ0) is 10.6. The lowest BCUT2D eigenvalue weighted by atomic mass is 10.3. The van der Waals surface area contributed by atoms with Crippen LogP contribution in [0.25, 0.3) is 0 Å². The largest absolute Gasteiger partial charge is 0.480 e. The fraction of sp³-hybridized carbons (Fsp3) is 0.889. The molecule has 14 heavy (non-hydrogen) atoms. The van der Waals surface area contributed by atoms with Crippen molar-refractivity contribution >= 4 is 17.7 Å². The molecular weight excluding hydrogens is 200 g/mol. The third-order valence-electron chi connectivity index (χ3n) is 2.29. The van der Waals surface area contributed by atoms with E-state index in [1.165, 1.54) is 0 Å². The van der Waals surface area contributed by atoms with Crippen molar-refractivity contribution in [1.82, 2.24) is 9.80 Å². The summed E-state index contributed by atoms with van der Waals surface area (Å²) < 4.78 is 0. The van der Waals surface area contributed by atoms with Gasteiger partial charge in [-0.25, -0.2) is 0 Å². The van der Waals surface area contributed by atoms with Crippen molar-refractivity contribution in [2.45, 2.75) is 5.25 Å². The second-order valence-electron chi connectivity index (χ2n) is 3.80. The third kappa shape index (κ3) is 3.86. The highest BCUT2D eigenvalue weighted by molar-refractivity contribution is 8.00. The highest BCUT2D eigenvalue weighted by Crippen LogP contribution is 2.18. The number of carbonyl (C=O) groups is 1. The Morgan fingerprint density at radius 2 is 2.36 bits per heavy atom. The van der Waals surface area contributed by atoms with Gasteiger partial charge in [0, 0.05) is 31.9 Å². The van der Waals surface area contributed by atoms with E-state index in [4.69, 9.17) is 5.11 Å². The molecule has 1 atom stereocenters. The molecule has 1 unspecified atom stereocenters. The van der Waals surface area contributed by atoms with Crippen LogP contribution in [0.15, 0.2) is 0 Å². The average Bonchev–Trinajstić information content (AvgIpc) is 2.15. The van der Waals surface area contributed by atoms with Gasteiger partial charge in [0.05, 0.1) is 0 Å². The predicted octanol–water partition coefficient (Wildman–Crippen LogP) is 0.0500. The Hall–Kier alpha value is -0.260. The zero-order valence-corrected chi connectivity index (χ0v) is 9.59. The SMILES string of the molecule is CN(C)CCN1CCSC(C(=O)O)C1. The van der Waals surface area contributed by atoms with E-state index in [9.17, 15) is 4.79 Å². The predicted molar refractivity (Wildman–Crippen MR) is 58.9 cm³/mol. The van der Waals surface area contributed by atoms with Crippen LogP contribution in [0.4, 0.5) is 0 Å². The Morgan fingerprint density at radius 3 is 2.93 bits per heavy atom. The highest BCUT2D eigenvalue weighted by Gasteiger charge is 2.25. The van der Waals surface area contributed by atoms with Crippen molar-refractivity contribution in [3.63, 3.8) is 0 Å². The van der Waals surface area contributed by atoms with Crippen molar-refractivity contribution in [3.8, 4) is 0 Å². The van der Waals surface area contributed by atoms with Crippen LogP contribution in [0.2, 0.25) is 0 Å². The van der Waals surface area contributed by atoms with Gasteiger partial charge in [0.15, 0.2) is 0 Å². The van der Waals surface area contributed by atoms with Gasteiger partial charge in [-0.3, -0.25) is 9.69 Å². The normalized spacial score (nSPS) is 24.1. The molecule has 82 valence electrons. The van der Waals surface area contributed by atoms with Crippen LogP contribution in [0.3, 0.4) is 0 Å². The summed E-state index contributed by atoms with van der Waals surface area (Å²) in [6.07, 6.45) is 0. The molecule has 0 aromatic heterocycles. The van der Waals surface area contributed by atoms with Crippen molar-refractivity contribution < 1.29 is 9.90 Å². The van der Waals surface area contributed by atoms with Crippen molar-refractivity contribution in [1.29, 1.82) is 0 Å². The highest BCUT2D eigenvalue weighted by atomic mass is 32.2. The maximum atomic E-state index is 10.8. The van der Waals surface area contributed by atoms with Gasteiger partial charge in [-0.05, 0) is 14.1 Å². The minimum absolute atomic E-state index is 0.231. The van der Waals surface area contributed by atoms with Gasteiger partial charge < -0.3 is 10.0 Å². The molecule has 1 saturated heterocycles. The number of carboxylic acids is 1. The maximum absolute atomic E-state index is 10.8. The van der Waals surface area contributed by atoms with Crippen LogP contribution in [0.5, 0.6) is 0 Å². The summed E-state index contributed by atoms with van der Waals surface area (Å²) in [5.41, 5.74) is 0. The molecule has 1 rings (SSSR count). The number of hydrogen-bond acceptors (Lipinski definition) is 4. The van der Waals surface area contributed by atoms with Crippen molar-refractivity contribution in [2.75, 3.05) is 46.0 Å². The smallest absolute Gasteiger partial charge is 0.317 e. The second kappa shape index (κ2) is 5.58. The maximum Gasteiger partial charge on any atom is 0.317 e. The summed E-state index contributed by atoms with van der Waals surface area (Å²) in [6.45, 7) is 3.67. The van der Waals surface area contributed by atoms with E-state index >= 15 is 0 Å². The lowest BCUT2D eigenvalue weighted by Gasteiger charge is -2.30. The Labute approximate surface area is 89.3 Å². The number of thioether (sulfide) groups is 1. The summed E-state index contributed by atoms with van der Waals surface area (Å²) in [6, 6.07) is 0. The molecule has 1 aliphatic heterocycles. The van der Waals surface area contributed by atoms with E-state index < -0.39 is 5.97 Å².